The van der Waals surface area contributed by atoms with Gasteiger partial charge >= 0.3 is 0 Å². The highest BCUT2D eigenvalue weighted by Gasteiger charge is 2.05. The number of nitrogens with zero attached hydrogens (tertiary/aromatic N) is 1. The number of hydrogen-bond donors (Lipinski definition) is 1. The quantitative estimate of drug-likeness (QED) is 0.727. The fourth-order valence-electron chi connectivity index (χ4n) is 1.45. The van der Waals surface area contributed by atoms with Gasteiger partial charge in [-0.1, -0.05) is 18.2 Å². The Kier molecular flexibility index (Phi) is 2.00. The van der Waals surface area contributed by atoms with Gasteiger partial charge in [0.2, 0.25) is 0 Å². The number of nitrogens with one attached hydrogen (secondary N) is 1. The third-order valence-corrected chi connectivity index (χ3v) is 2.31. The zero-order valence-electron chi connectivity index (χ0n) is 8.24. The van der Waals surface area contributed by atoms with Crippen LogP contribution in [0.4, 0.5) is 0 Å². The summed E-state index contributed by atoms with van der Waals surface area (Å²) in [6, 6.07) is 7.79. The molecule has 1 aromatic heterocycles. The van der Waals surface area contributed by atoms with E-state index in [2.05, 4.69) is 5.10 Å². The summed E-state index contributed by atoms with van der Waals surface area (Å²) in [5.41, 5.74) is 2.73. The second-order valence-corrected chi connectivity index (χ2v) is 3.38. The molecule has 0 amide bonds. The summed E-state index contributed by atoms with van der Waals surface area (Å²) in [4.78, 5) is 11.7. The highest BCUT2D eigenvalue weighted by molar-refractivity contribution is 5.39. The Balaban J connectivity index is 2.67. The van der Waals surface area contributed by atoms with Crippen LogP contribution in [0.5, 0.6) is 0 Å². The molecule has 2 rings (SSSR count). The van der Waals surface area contributed by atoms with Gasteiger partial charge in [-0.2, -0.15) is 0 Å². The van der Waals surface area contributed by atoms with Crippen LogP contribution in [-0.2, 0) is 0 Å². The molecule has 0 fully saturated rings. The minimum absolute atomic E-state index is 0.0132. The van der Waals surface area contributed by atoms with Gasteiger partial charge in [0.1, 0.15) is 0 Å². The zero-order valence-corrected chi connectivity index (χ0v) is 8.24. The Morgan fingerprint density at radius 2 is 1.86 bits per heavy atom. The predicted octanol–water partition coefficient (Wildman–Crippen LogP) is 1.78. The van der Waals surface area contributed by atoms with E-state index >= 15 is 0 Å². The molecule has 3 heteroatoms. The lowest BCUT2D eigenvalue weighted by molar-refractivity contribution is 0.841. The molecule has 0 saturated carbocycles. The van der Waals surface area contributed by atoms with Crippen LogP contribution in [0.15, 0.2) is 35.3 Å². The van der Waals surface area contributed by atoms with Gasteiger partial charge in [-0.25, -0.2) is 4.68 Å². The van der Waals surface area contributed by atoms with Crippen LogP contribution in [0, 0.1) is 13.8 Å². The van der Waals surface area contributed by atoms with Crippen molar-refractivity contribution in [2.24, 2.45) is 0 Å². The third kappa shape index (κ3) is 1.27. The van der Waals surface area contributed by atoms with Gasteiger partial charge < -0.3 is 0 Å². The van der Waals surface area contributed by atoms with Crippen molar-refractivity contribution in [3.05, 3.63) is 51.9 Å². The molecule has 0 radical (unpaired) electrons. The van der Waals surface area contributed by atoms with Crippen LogP contribution in [0.1, 0.15) is 11.1 Å². The smallest absolute Gasteiger partial charge is 0.274 e. The molecular formula is C11H12N2O. The molecule has 1 aromatic carbocycles. The summed E-state index contributed by atoms with van der Waals surface area (Å²) < 4.78 is 1.56. The van der Waals surface area contributed by atoms with Crippen molar-refractivity contribution in [1.82, 2.24) is 9.78 Å². The van der Waals surface area contributed by atoms with Crippen LogP contribution in [0.25, 0.3) is 5.69 Å². The summed E-state index contributed by atoms with van der Waals surface area (Å²) in [5, 5.41) is 2.94. The molecule has 72 valence electrons. The van der Waals surface area contributed by atoms with Gasteiger partial charge in [-0.05, 0) is 25.5 Å². The highest BCUT2D eigenvalue weighted by Crippen LogP contribution is 2.09. The van der Waals surface area contributed by atoms with E-state index in [0.717, 1.165) is 16.8 Å². The predicted molar refractivity (Wildman–Crippen MR) is 55.9 cm³/mol. The van der Waals surface area contributed by atoms with Crippen molar-refractivity contribution in [3.63, 3.8) is 0 Å². The number of aromatic nitrogens is 2. The lowest BCUT2D eigenvalue weighted by Crippen LogP contribution is -2.16. The Labute approximate surface area is 82.0 Å². The second kappa shape index (κ2) is 3.18. The number of benzene rings is 1. The minimum Gasteiger partial charge on any atom is -0.298 e. The van der Waals surface area contributed by atoms with E-state index in [1.54, 1.807) is 17.8 Å². The Hall–Kier alpha value is -1.77. The van der Waals surface area contributed by atoms with Gasteiger partial charge in [-0.3, -0.25) is 9.89 Å². The number of hydrogen-bond acceptors (Lipinski definition) is 1. The molecule has 0 unspecified atom stereocenters. The van der Waals surface area contributed by atoms with Crippen LogP contribution in [-0.4, -0.2) is 9.78 Å². The van der Waals surface area contributed by atoms with Gasteiger partial charge in [0.15, 0.2) is 0 Å². The topological polar surface area (TPSA) is 37.8 Å². The van der Waals surface area contributed by atoms with Crippen molar-refractivity contribution in [3.8, 4) is 5.69 Å². The molecule has 0 spiro atoms. The number of rotatable bonds is 1. The molecule has 0 saturated heterocycles. The maximum absolute atomic E-state index is 11.7. The molecular weight excluding hydrogens is 176 g/mol. The van der Waals surface area contributed by atoms with E-state index in [1.165, 1.54) is 0 Å². The first-order chi connectivity index (χ1) is 6.70. The maximum Gasteiger partial charge on any atom is 0.274 e. The van der Waals surface area contributed by atoms with E-state index in [9.17, 15) is 4.79 Å². The average Bonchev–Trinajstić information content (AvgIpc) is 2.49. The largest absolute Gasteiger partial charge is 0.298 e. The molecule has 0 atom stereocenters. The van der Waals surface area contributed by atoms with Gasteiger partial charge in [0.05, 0.1) is 5.69 Å². The second-order valence-electron chi connectivity index (χ2n) is 3.38. The fourth-order valence-corrected chi connectivity index (χ4v) is 1.45. The number of aryl methyl sites for hydroxylation is 2. The molecule has 2 aromatic rings. The maximum atomic E-state index is 11.7. The van der Waals surface area contributed by atoms with Gasteiger partial charge in [0, 0.05) is 11.8 Å². The van der Waals surface area contributed by atoms with Crippen molar-refractivity contribution >= 4 is 0 Å². The van der Waals surface area contributed by atoms with Crippen molar-refractivity contribution in [2.75, 3.05) is 0 Å². The molecule has 0 bridgehead atoms. The van der Waals surface area contributed by atoms with E-state index in [-0.39, 0.29) is 5.56 Å². The summed E-state index contributed by atoms with van der Waals surface area (Å²) in [6.07, 6.45) is 1.72. The van der Waals surface area contributed by atoms with E-state index < -0.39 is 0 Å². The molecule has 0 aliphatic rings. The molecule has 0 aliphatic carbocycles. The van der Waals surface area contributed by atoms with E-state index in [1.807, 2.05) is 31.2 Å². The SMILES string of the molecule is Cc1ccccc1-n1[nH]cc(C)c1=O. The monoisotopic (exact) mass is 188 g/mol. The fraction of sp³-hybridized carbons (Fsp3) is 0.182. The van der Waals surface area contributed by atoms with Crippen molar-refractivity contribution in [2.45, 2.75) is 13.8 Å². The van der Waals surface area contributed by atoms with Gasteiger partial charge in [0.25, 0.3) is 5.56 Å². The number of H-pyrrole nitrogens is 1. The normalized spacial score (nSPS) is 10.4. The summed E-state index contributed by atoms with van der Waals surface area (Å²) in [5.74, 6) is 0. The Morgan fingerprint density at radius 1 is 1.14 bits per heavy atom. The van der Waals surface area contributed by atoms with Crippen LogP contribution in [0.2, 0.25) is 0 Å². The van der Waals surface area contributed by atoms with Crippen LogP contribution in [0.3, 0.4) is 0 Å². The Bertz CT molecular complexity index is 508. The first-order valence-corrected chi connectivity index (χ1v) is 4.53. The first kappa shape index (κ1) is 8.81. The molecule has 0 aliphatic heterocycles. The minimum atomic E-state index is 0.0132. The van der Waals surface area contributed by atoms with Crippen LogP contribution >= 0.6 is 0 Å². The third-order valence-electron chi connectivity index (χ3n) is 2.31. The first-order valence-electron chi connectivity index (χ1n) is 4.53. The van der Waals surface area contributed by atoms with Gasteiger partial charge in [-0.15, -0.1) is 0 Å². The Morgan fingerprint density at radius 3 is 2.43 bits per heavy atom. The molecule has 14 heavy (non-hydrogen) atoms. The number of para-hydroxylation sites is 1. The lowest BCUT2D eigenvalue weighted by Gasteiger charge is -2.04. The van der Waals surface area contributed by atoms with Crippen molar-refractivity contribution in [1.29, 1.82) is 0 Å². The molecule has 1 N–H and O–H groups in total. The van der Waals surface area contributed by atoms with Crippen molar-refractivity contribution < 1.29 is 0 Å². The van der Waals surface area contributed by atoms with E-state index in [0.29, 0.717) is 0 Å². The lowest BCUT2D eigenvalue weighted by atomic mass is 10.2. The average molecular weight is 188 g/mol. The summed E-state index contributed by atoms with van der Waals surface area (Å²) in [6.45, 7) is 3.78. The van der Waals surface area contributed by atoms with E-state index in [4.69, 9.17) is 0 Å². The highest BCUT2D eigenvalue weighted by atomic mass is 16.1. The molecule has 1 heterocycles. The van der Waals surface area contributed by atoms with Crippen LogP contribution < -0.4 is 5.56 Å². The summed E-state index contributed by atoms with van der Waals surface area (Å²) >= 11 is 0. The number of aromatic amines is 1. The molecule has 3 nitrogen and oxygen atoms in total. The zero-order chi connectivity index (χ0) is 10.1. The summed E-state index contributed by atoms with van der Waals surface area (Å²) in [7, 11) is 0. The standard InChI is InChI=1S/C11H12N2O/c1-8-5-3-4-6-10(8)13-11(14)9(2)7-12-13/h3-7,12H,1-2H3.